The predicted octanol–water partition coefficient (Wildman–Crippen LogP) is 5.16. The third-order valence-electron chi connectivity index (χ3n) is 5.09. The molecular formula is C23H22FN3O2. The van der Waals surface area contributed by atoms with Crippen LogP contribution in [0.3, 0.4) is 0 Å². The number of carbonyl (C=O) groups excluding carboxylic acids is 1. The molecule has 1 aliphatic heterocycles. The number of benzene rings is 2. The summed E-state index contributed by atoms with van der Waals surface area (Å²) in [5, 5.41) is 3.43. The first-order valence-electron chi connectivity index (χ1n) is 9.62. The molecule has 0 saturated carbocycles. The number of amides is 1. The first kappa shape index (κ1) is 18.9. The molecule has 6 heteroatoms. The Kier molecular flexibility index (Phi) is 5.16. The maximum Gasteiger partial charge on any atom is 0.254 e. The first-order chi connectivity index (χ1) is 14.0. The zero-order valence-electron chi connectivity index (χ0n) is 16.4. The van der Waals surface area contributed by atoms with Crippen LogP contribution in [-0.4, -0.2) is 22.3 Å². The number of carbonyl (C=O) groups is 1. The third kappa shape index (κ3) is 3.92. The Hall–Kier alpha value is -3.41. The molecule has 5 nitrogen and oxygen atoms in total. The van der Waals surface area contributed by atoms with Gasteiger partial charge in [-0.25, -0.2) is 9.37 Å². The molecule has 1 atom stereocenters. The van der Waals surface area contributed by atoms with Gasteiger partial charge in [-0.1, -0.05) is 12.1 Å². The molecule has 0 bridgehead atoms. The van der Waals surface area contributed by atoms with Crippen LogP contribution in [0.5, 0.6) is 11.5 Å². The van der Waals surface area contributed by atoms with Crippen LogP contribution in [0.2, 0.25) is 0 Å². The molecule has 4 rings (SSSR count). The quantitative estimate of drug-likeness (QED) is 0.630. The highest BCUT2D eigenvalue weighted by atomic mass is 19.1. The predicted molar refractivity (Wildman–Crippen MR) is 110 cm³/mol. The molecule has 1 aliphatic rings. The van der Waals surface area contributed by atoms with Crippen molar-refractivity contribution in [2.45, 2.75) is 26.4 Å². The lowest BCUT2D eigenvalue weighted by molar-refractivity contribution is 0.0787. The SMILES string of the molecule is CCN1Cc2c(ccnc2NC(C)c2ccc(Oc3ccc(F)cc3)cc2)C1=O. The fourth-order valence-electron chi connectivity index (χ4n) is 3.42. The lowest BCUT2D eigenvalue weighted by Crippen LogP contribution is -2.22. The van der Waals surface area contributed by atoms with E-state index < -0.39 is 0 Å². The van der Waals surface area contributed by atoms with E-state index in [1.165, 1.54) is 12.1 Å². The lowest BCUT2D eigenvalue weighted by Gasteiger charge is -2.17. The minimum Gasteiger partial charge on any atom is -0.457 e. The monoisotopic (exact) mass is 391 g/mol. The fourth-order valence-corrected chi connectivity index (χ4v) is 3.42. The Morgan fingerprint density at radius 2 is 1.76 bits per heavy atom. The van der Waals surface area contributed by atoms with Gasteiger partial charge in [0.2, 0.25) is 0 Å². The zero-order chi connectivity index (χ0) is 20.4. The normalized spacial score (nSPS) is 13.9. The summed E-state index contributed by atoms with van der Waals surface area (Å²) < 4.78 is 18.7. The molecule has 1 unspecified atom stereocenters. The maximum atomic E-state index is 13.0. The summed E-state index contributed by atoms with van der Waals surface area (Å²) in [6.45, 7) is 5.28. The van der Waals surface area contributed by atoms with E-state index in [-0.39, 0.29) is 17.8 Å². The van der Waals surface area contributed by atoms with Crippen LogP contribution in [0.1, 0.15) is 41.4 Å². The van der Waals surface area contributed by atoms with Gasteiger partial charge >= 0.3 is 0 Å². The molecule has 1 amide bonds. The van der Waals surface area contributed by atoms with Gasteiger partial charge in [0, 0.05) is 29.9 Å². The van der Waals surface area contributed by atoms with Crippen molar-refractivity contribution in [2.24, 2.45) is 0 Å². The largest absolute Gasteiger partial charge is 0.457 e. The van der Waals surface area contributed by atoms with Crippen LogP contribution in [-0.2, 0) is 6.54 Å². The summed E-state index contributed by atoms with van der Waals surface area (Å²) in [7, 11) is 0. The summed E-state index contributed by atoms with van der Waals surface area (Å²) in [5.41, 5.74) is 2.73. The van der Waals surface area contributed by atoms with Crippen molar-refractivity contribution in [3.8, 4) is 11.5 Å². The molecule has 0 radical (unpaired) electrons. The number of hydrogen-bond acceptors (Lipinski definition) is 4. The standard InChI is InChI=1S/C23H22FN3O2/c1-3-27-14-21-20(23(27)28)12-13-25-22(21)26-15(2)16-4-8-18(9-5-16)29-19-10-6-17(24)7-11-19/h4-13,15H,3,14H2,1-2H3,(H,25,26). The van der Waals surface area contributed by atoms with Crippen molar-refractivity contribution in [1.29, 1.82) is 0 Å². The van der Waals surface area contributed by atoms with Crippen molar-refractivity contribution in [3.05, 3.63) is 83.3 Å². The number of rotatable bonds is 6. The number of halogens is 1. The second-order valence-electron chi connectivity index (χ2n) is 7.00. The maximum absolute atomic E-state index is 13.0. The highest BCUT2D eigenvalue weighted by Crippen LogP contribution is 2.30. The van der Waals surface area contributed by atoms with Crippen molar-refractivity contribution in [3.63, 3.8) is 0 Å². The van der Waals surface area contributed by atoms with Gasteiger partial charge in [0.05, 0.1) is 6.54 Å². The van der Waals surface area contributed by atoms with Gasteiger partial charge in [-0.15, -0.1) is 0 Å². The van der Waals surface area contributed by atoms with Gasteiger partial charge in [0.15, 0.2) is 0 Å². The van der Waals surface area contributed by atoms with Gasteiger partial charge in [0.25, 0.3) is 5.91 Å². The molecule has 0 fully saturated rings. The number of ether oxygens (including phenoxy) is 1. The second kappa shape index (κ2) is 7.91. The number of fused-ring (bicyclic) bond motifs is 1. The fraction of sp³-hybridized carbons (Fsp3) is 0.217. The number of nitrogens with zero attached hydrogens (tertiary/aromatic N) is 2. The first-order valence-corrected chi connectivity index (χ1v) is 9.62. The average molecular weight is 391 g/mol. The number of pyridine rings is 1. The van der Waals surface area contributed by atoms with Crippen molar-refractivity contribution >= 4 is 11.7 Å². The Labute approximate surface area is 169 Å². The zero-order valence-corrected chi connectivity index (χ0v) is 16.4. The molecule has 29 heavy (non-hydrogen) atoms. The second-order valence-corrected chi connectivity index (χ2v) is 7.00. The molecule has 2 heterocycles. The van der Waals surface area contributed by atoms with E-state index >= 15 is 0 Å². The van der Waals surface area contributed by atoms with Crippen LogP contribution in [0.15, 0.2) is 60.8 Å². The Morgan fingerprint density at radius 1 is 1.10 bits per heavy atom. The van der Waals surface area contributed by atoms with Gasteiger partial charge in [-0.3, -0.25) is 4.79 Å². The molecule has 0 spiro atoms. The van der Waals surface area contributed by atoms with Crippen LogP contribution in [0.25, 0.3) is 0 Å². The van der Waals surface area contributed by atoms with Crippen molar-refractivity contribution in [2.75, 3.05) is 11.9 Å². The minimum atomic E-state index is -0.294. The number of anilines is 1. The molecule has 148 valence electrons. The van der Waals surface area contributed by atoms with Crippen LogP contribution in [0.4, 0.5) is 10.2 Å². The summed E-state index contributed by atoms with van der Waals surface area (Å²) >= 11 is 0. The highest BCUT2D eigenvalue weighted by molar-refractivity contribution is 5.99. The minimum absolute atomic E-state index is 0.000324. The van der Waals surface area contributed by atoms with Crippen LogP contribution < -0.4 is 10.1 Å². The van der Waals surface area contributed by atoms with Gasteiger partial charge in [-0.2, -0.15) is 0 Å². The summed E-state index contributed by atoms with van der Waals surface area (Å²) in [6.07, 6.45) is 1.67. The Balaban J connectivity index is 1.47. The van der Waals surface area contributed by atoms with E-state index in [0.717, 1.165) is 22.5 Å². The Bertz CT molecular complexity index is 1020. The van der Waals surface area contributed by atoms with Gasteiger partial charge in [-0.05, 0) is 61.9 Å². The summed E-state index contributed by atoms with van der Waals surface area (Å²) in [6, 6.07) is 15.4. The van der Waals surface area contributed by atoms with E-state index in [1.807, 2.05) is 43.0 Å². The van der Waals surface area contributed by atoms with Gasteiger partial charge in [0.1, 0.15) is 23.1 Å². The average Bonchev–Trinajstić information content (AvgIpc) is 3.07. The molecule has 1 aromatic heterocycles. The van der Waals surface area contributed by atoms with Gasteiger partial charge < -0.3 is 15.0 Å². The number of nitrogens with one attached hydrogen (secondary N) is 1. The van der Waals surface area contributed by atoms with E-state index in [4.69, 9.17) is 4.74 Å². The van der Waals surface area contributed by atoms with E-state index in [0.29, 0.717) is 24.6 Å². The van der Waals surface area contributed by atoms with Crippen LogP contribution in [0, 0.1) is 5.82 Å². The van der Waals surface area contributed by atoms with E-state index in [1.54, 1.807) is 24.4 Å². The number of aromatic nitrogens is 1. The Morgan fingerprint density at radius 3 is 2.41 bits per heavy atom. The molecule has 1 N–H and O–H groups in total. The highest BCUT2D eigenvalue weighted by Gasteiger charge is 2.29. The molecule has 3 aromatic rings. The van der Waals surface area contributed by atoms with Crippen LogP contribution >= 0.6 is 0 Å². The molecule has 2 aromatic carbocycles. The molecule has 0 aliphatic carbocycles. The van der Waals surface area contributed by atoms with Crippen molar-refractivity contribution in [1.82, 2.24) is 9.88 Å². The van der Waals surface area contributed by atoms with E-state index in [9.17, 15) is 9.18 Å². The topological polar surface area (TPSA) is 54.5 Å². The number of hydrogen-bond donors (Lipinski definition) is 1. The summed E-state index contributed by atoms with van der Waals surface area (Å²) in [4.78, 5) is 18.6. The lowest BCUT2D eigenvalue weighted by atomic mass is 10.1. The smallest absolute Gasteiger partial charge is 0.254 e. The van der Waals surface area contributed by atoms with E-state index in [2.05, 4.69) is 10.3 Å². The van der Waals surface area contributed by atoms with Crippen molar-refractivity contribution < 1.29 is 13.9 Å². The molecular weight excluding hydrogens is 369 g/mol. The third-order valence-corrected chi connectivity index (χ3v) is 5.09. The molecule has 0 saturated heterocycles. The summed E-state index contributed by atoms with van der Waals surface area (Å²) in [5.74, 6) is 1.76.